The number of nitrogens with zero attached hydrogens (tertiary/aromatic N) is 4. The lowest BCUT2D eigenvalue weighted by atomic mass is 10.0. The molecule has 4 aromatic heterocycles. The van der Waals surface area contributed by atoms with Crippen LogP contribution in [0.2, 0.25) is 0 Å². The Morgan fingerprint density at radius 1 is 0.308 bits per heavy atom. The van der Waals surface area contributed by atoms with Crippen molar-refractivity contribution in [1.82, 2.24) is 19.5 Å². The van der Waals surface area contributed by atoms with Gasteiger partial charge in [0, 0.05) is 43.4 Å². The first-order chi connectivity index (χ1) is 32.2. The normalized spacial score (nSPS) is 12.0. The minimum Gasteiger partial charge on any atom is -0.456 e. The number of para-hydroxylation sites is 2. The third-order valence-electron chi connectivity index (χ3n) is 13.0. The summed E-state index contributed by atoms with van der Waals surface area (Å²) in [6.07, 6.45) is 0. The largest absolute Gasteiger partial charge is 0.456 e. The number of aromatic nitrogens is 4. The Bertz CT molecular complexity index is 4250. The molecule has 0 aliphatic carbocycles. The van der Waals surface area contributed by atoms with Crippen molar-refractivity contribution in [3.63, 3.8) is 0 Å². The standard InChI is InChI=1S/C59H34N4O2/c1-2-13-35(14-3-1)36-19-12-20-41(29-36)57-60-58(42-25-26-45-44-22-9-11-24-52(44)64-53(45)34-42)62-59(61-57)55-50(28-27-46-48-31-38-16-5-7-18-40(38)33-54(48)65-56(46)55)63-49-23-10-8-21-43(49)47-30-37-15-4-6-17-39(37)32-51(47)63/h1-34H. The second-order valence-corrected chi connectivity index (χ2v) is 16.8. The third-order valence-corrected chi connectivity index (χ3v) is 13.0. The van der Waals surface area contributed by atoms with Gasteiger partial charge in [-0.2, -0.15) is 0 Å². The van der Waals surface area contributed by atoms with Gasteiger partial charge in [0.05, 0.1) is 22.3 Å². The Labute approximate surface area is 371 Å². The number of furan rings is 2. The Kier molecular flexibility index (Phi) is 7.59. The molecule has 0 N–H and O–H groups in total. The zero-order valence-corrected chi connectivity index (χ0v) is 34.7. The lowest BCUT2D eigenvalue weighted by molar-refractivity contribution is 0.668. The number of fused-ring (bicyclic) bond motifs is 11. The van der Waals surface area contributed by atoms with Crippen LogP contribution < -0.4 is 0 Å². The topological polar surface area (TPSA) is 69.9 Å². The zero-order valence-electron chi connectivity index (χ0n) is 34.7. The summed E-state index contributed by atoms with van der Waals surface area (Å²) in [5.41, 5.74) is 10.8. The fourth-order valence-electron chi connectivity index (χ4n) is 9.91. The van der Waals surface area contributed by atoms with E-state index in [0.717, 1.165) is 110 Å². The molecule has 14 rings (SSSR count). The molecular weight excluding hydrogens is 797 g/mol. The van der Waals surface area contributed by atoms with Crippen LogP contribution in [0.1, 0.15) is 0 Å². The van der Waals surface area contributed by atoms with Crippen molar-refractivity contribution < 1.29 is 8.83 Å². The number of benzene rings is 10. The predicted molar refractivity (Wildman–Crippen MR) is 265 cm³/mol. The molecule has 302 valence electrons. The molecule has 0 radical (unpaired) electrons. The fraction of sp³-hybridized carbons (Fsp3) is 0. The van der Waals surface area contributed by atoms with E-state index in [-0.39, 0.29) is 0 Å². The average Bonchev–Trinajstić information content (AvgIpc) is 4.03. The molecule has 14 aromatic rings. The van der Waals surface area contributed by atoms with Gasteiger partial charge in [0.1, 0.15) is 22.3 Å². The third kappa shape index (κ3) is 5.57. The summed E-state index contributed by atoms with van der Waals surface area (Å²) in [6.45, 7) is 0. The quantitative estimate of drug-likeness (QED) is 0.173. The van der Waals surface area contributed by atoms with Crippen LogP contribution in [0, 0.1) is 0 Å². The van der Waals surface area contributed by atoms with Gasteiger partial charge < -0.3 is 13.4 Å². The fourth-order valence-corrected chi connectivity index (χ4v) is 9.91. The first kappa shape index (κ1) is 35.7. The summed E-state index contributed by atoms with van der Waals surface area (Å²) < 4.78 is 15.9. The van der Waals surface area contributed by atoms with E-state index in [9.17, 15) is 0 Å². The van der Waals surface area contributed by atoms with E-state index >= 15 is 0 Å². The summed E-state index contributed by atoms with van der Waals surface area (Å²) in [5.74, 6) is 1.57. The molecule has 0 unspecified atom stereocenters. The number of rotatable bonds is 5. The first-order valence-electron chi connectivity index (χ1n) is 21.8. The monoisotopic (exact) mass is 830 g/mol. The number of hydrogen-bond acceptors (Lipinski definition) is 5. The maximum absolute atomic E-state index is 7.11. The molecule has 0 amide bonds. The molecule has 10 aromatic carbocycles. The van der Waals surface area contributed by atoms with E-state index in [1.807, 2.05) is 30.3 Å². The Morgan fingerprint density at radius 3 is 1.71 bits per heavy atom. The highest BCUT2D eigenvalue weighted by atomic mass is 16.3. The van der Waals surface area contributed by atoms with Gasteiger partial charge in [-0.3, -0.25) is 0 Å². The van der Waals surface area contributed by atoms with E-state index in [1.165, 1.54) is 5.39 Å². The van der Waals surface area contributed by atoms with Crippen molar-refractivity contribution in [1.29, 1.82) is 0 Å². The molecule has 0 aliphatic heterocycles. The van der Waals surface area contributed by atoms with E-state index < -0.39 is 0 Å². The van der Waals surface area contributed by atoms with Crippen molar-refractivity contribution in [3.05, 3.63) is 206 Å². The minimum atomic E-state index is 0.496. The van der Waals surface area contributed by atoms with Crippen LogP contribution in [0.25, 0.3) is 138 Å². The second-order valence-electron chi connectivity index (χ2n) is 16.8. The van der Waals surface area contributed by atoms with E-state index in [4.69, 9.17) is 23.8 Å². The van der Waals surface area contributed by atoms with Crippen LogP contribution in [0.3, 0.4) is 0 Å². The van der Waals surface area contributed by atoms with Crippen LogP contribution in [-0.2, 0) is 0 Å². The molecule has 0 spiro atoms. The Balaban J connectivity index is 1.10. The molecule has 0 fully saturated rings. The van der Waals surface area contributed by atoms with Crippen LogP contribution in [0.5, 0.6) is 0 Å². The second kappa shape index (κ2) is 13.8. The van der Waals surface area contributed by atoms with Gasteiger partial charge in [-0.05, 0) is 99.4 Å². The molecule has 6 nitrogen and oxygen atoms in total. The van der Waals surface area contributed by atoms with Gasteiger partial charge in [0.25, 0.3) is 0 Å². The predicted octanol–water partition coefficient (Wildman–Crippen LogP) is 15.7. The lowest BCUT2D eigenvalue weighted by Gasteiger charge is -2.15. The minimum absolute atomic E-state index is 0.496. The van der Waals surface area contributed by atoms with Crippen molar-refractivity contribution in [2.45, 2.75) is 0 Å². The van der Waals surface area contributed by atoms with E-state index in [0.29, 0.717) is 23.1 Å². The van der Waals surface area contributed by atoms with E-state index in [1.54, 1.807) is 0 Å². The maximum Gasteiger partial charge on any atom is 0.170 e. The lowest BCUT2D eigenvalue weighted by Crippen LogP contribution is -2.04. The highest BCUT2D eigenvalue weighted by Crippen LogP contribution is 2.44. The van der Waals surface area contributed by atoms with Crippen molar-refractivity contribution in [2.75, 3.05) is 0 Å². The average molecular weight is 831 g/mol. The van der Waals surface area contributed by atoms with Gasteiger partial charge in [0.2, 0.25) is 0 Å². The van der Waals surface area contributed by atoms with Crippen molar-refractivity contribution in [3.8, 4) is 51.0 Å². The summed E-state index contributed by atoms with van der Waals surface area (Å²) in [7, 11) is 0. The van der Waals surface area contributed by atoms with Gasteiger partial charge in [0.15, 0.2) is 17.5 Å². The smallest absolute Gasteiger partial charge is 0.170 e. The Hall–Kier alpha value is -8.87. The van der Waals surface area contributed by atoms with Gasteiger partial charge in [-0.25, -0.2) is 15.0 Å². The van der Waals surface area contributed by atoms with Crippen LogP contribution >= 0.6 is 0 Å². The van der Waals surface area contributed by atoms with Gasteiger partial charge in [-0.1, -0.05) is 140 Å². The van der Waals surface area contributed by atoms with Gasteiger partial charge >= 0.3 is 0 Å². The summed E-state index contributed by atoms with van der Waals surface area (Å²) in [5, 5.41) is 11.0. The molecule has 0 bridgehead atoms. The molecule has 65 heavy (non-hydrogen) atoms. The number of hydrogen-bond donors (Lipinski definition) is 0. The summed E-state index contributed by atoms with van der Waals surface area (Å²) in [4.78, 5) is 16.2. The van der Waals surface area contributed by atoms with Gasteiger partial charge in [-0.15, -0.1) is 0 Å². The van der Waals surface area contributed by atoms with Crippen LogP contribution in [0.15, 0.2) is 215 Å². The molecule has 4 heterocycles. The molecule has 0 atom stereocenters. The Morgan fingerprint density at radius 2 is 0.892 bits per heavy atom. The molecule has 6 heteroatoms. The molecule has 0 saturated carbocycles. The summed E-state index contributed by atoms with van der Waals surface area (Å²) >= 11 is 0. The van der Waals surface area contributed by atoms with Crippen LogP contribution in [0.4, 0.5) is 0 Å². The highest BCUT2D eigenvalue weighted by Gasteiger charge is 2.25. The highest BCUT2D eigenvalue weighted by molar-refractivity contribution is 6.17. The summed E-state index contributed by atoms with van der Waals surface area (Å²) in [6, 6.07) is 72.2. The molecule has 0 aliphatic rings. The van der Waals surface area contributed by atoms with Crippen molar-refractivity contribution >= 4 is 87.2 Å². The van der Waals surface area contributed by atoms with E-state index in [2.05, 4.69) is 180 Å². The zero-order chi connectivity index (χ0) is 42.6. The van der Waals surface area contributed by atoms with Crippen LogP contribution in [-0.4, -0.2) is 19.5 Å². The SMILES string of the molecule is c1ccc(-c2cccc(-c3nc(-c4ccc5c(c4)oc4ccccc45)nc(-c4c(-n5c6ccccc6c6cc7ccccc7cc65)ccc5c4oc4cc6ccccc6cc45)n3)c2)cc1. The molecular formula is C59H34N4O2. The van der Waals surface area contributed by atoms with Crippen molar-refractivity contribution in [2.24, 2.45) is 0 Å². The first-order valence-corrected chi connectivity index (χ1v) is 21.8. The maximum atomic E-state index is 7.11. The molecule has 0 saturated heterocycles.